The summed E-state index contributed by atoms with van der Waals surface area (Å²) in [6.07, 6.45) is 0. The second-order valence-corrected chi connectivity index (χ2v) is 8.70. The zero-order chi connectivity index (χ0) is 20.9. The number of hydrogen-bond donors (Lipinski definition) is 2. The van der Waals surface area contributed by atoms with Gasteiger partial charge in [-0.3, -0.25) is 9.52 Å². The number of carbonyl (C=O) groups excluding carboxylic acids is 1. The number of rotatable bonds is 7. The summed E-state index contributed by atoms with van der Waals surface area (Å²) in [6.45, 7) is 4.47. The second-order valence-electron chi connectivity index (χ2n) is 7.02. The second kappa shape index (κ2) is 8.92. The van der Waals surface area contributed by atoms with Gasteiger partial charge in [-0.2, -0.15) is 0 Å². The van der Waals surface area contributed by atoms with Crippen LogP contribution in [0.2, 0.25) is 0 Å². The van der Waals surface area contributed by atoms with Gasteiger partial charge in [0, 0.05) is 17.8 Å². The summed E-state index contributed by atoms with van der Waals surface area (Å²) < 4.78 is 27.4. The van der Waals surface area contributed by atoms with Crippen LogP contribution in [0.25, 0.3) is 0 Å². The molecule has 1 atom stereocenters. The highest BCUT2D eigenvalue weighted by Crippen LogP contribution is 2.18. The smallest absolute Gasteiger partial charge is 0.261 e. The molecule has 0 spiro atoms. The fraction of sp³-hybridized carbons (Fsp3) is 0.174. The zero-order valence-corrected chi connectivity index (χ0v) is 17.2. The summed E-state index contributed by atoms with van der Waals surface area (Å²) in [7, 11) is -3.67. The number of nitrogens with one attached hydrogen (secondary N) is 2. The molecule has 0 aliphatic carbocycles. The van der Waals surface area contributed by atoms with Crippen molar-refractivity contribution in [3.63, 3.8) is 0 Å². The van der Waals surface area contributed by atoms with Gasteiger partial charge in [-0.15, -0.1) is 0 Å². The van der Waals surface area contributed by atoms with Crippen LogP contribution in [0.1, 0.15) is 34.3 Å². The molecule has 0 saturated carbocycles. The number of carbonyl (C=O) groups is 1. The van der Waals surface area contributed by atoms with E-state index in [1.807, 2.05) is 37.3 Å². The lowest BCUT2D eigenvalue weighted by atomic mass is 10.0. The van der Waals surface area contributed by atoms with Gasteiger partial charge in [0.2, 0.25) is 0 Å². The van der Waals surface area contributed by atoms with Gasteiger partial charge in [0.25, 0.3) is 15.9 Å². The van der Waals surface area contributed by atoms with E-state index in [0.29, 0.717) is 17.8 Å². The van der Waals surface area contributed by atoms with E-state index in [2.05, 4.69) is 17.0 Å². The standard InChI is InChI=1S/C23H24N2O3S/c1-17-8-14-22(15-9-17)29(27,28)25-21-12-10-20(11-13-21)23(26)24-16-18(2)19-6-4-3-5-7-19/h3-15,18,25H,16H2,1-2H3,(H,24,26)/t18-/m1/s1. The van der Waals surface area contributed by atoms with Crippen LogP contribution in [0.3, 0.4) is 0 Å². The summed E-state index contributed by atoms with van der Waals surface area (Å²) in [6, 6.07) is 23.0. The maximum Gasteiger partial charge on any atom is 0.261 e. The first-order valence-corrected chi connectivity index (χ1v) is 10.9. The van der Waals surface area contributed by atoms with E-state index in [1.165, 1.54) is 0 Å². The van der Waals surface area contributed by atoms with E-state index in [1.54, 1.807) is 48.5 Å². The van der Waals surface area contributed by atoms with Crippen LogP contribution < -0.4 is 10.0 Å². The summed E-state index contributed by atoms with van der Waals surface area (Å²) in [4.78, 5) is 12.6. The quantitative estimate of drug-likeness (QED) is 0.611. The highest BCUT2D eigenvalue weighted by molar-refractivity contribution is 7.92. The number of hydrogen-bond acceptors (Lipinski definition) is 3. The molecule has 3 aromatic rings. The Bertz CT molecular complexity index is 1060. The van der Waals surface area contributed by atoms with Gasteiger partial charge in [-0.25, -0.2) is 8.42 Å². The van der Waals surface area contributed by atoms with E-state index >= 15 is 0 Å². The Morgan fingerprint density at radius 1 is 0.897 bits per heavy atom. The molecule has 0 heterocycles. The molecule has 0 aliphatic heterocycles. The molecule has 6 heteroatoms. The van der Waals surface area contributed by atoms with Gasteiger partial charge < -0.3 is 5.32 Å². The Balaban J connectivity index is 1.60. The largest absolute Gasteiger partial charge is 0.351 e. The first-order chi connectivity index (χ1) is 13.8. The van der Waals surface area contributed by atoms with Gasteiger partial charge in [-0.05, 0) is 54.8 Å². The molecule has 29 heavy (non-hydrogen) atoms. The van der Waals surface area contributed by atoms with E-state index in [-0.39, 0.29) is 16.7 Å². The summed E-state index contributed by atoms with van der Waals surface area (Å²) in [5, 5.41) is 2.92. The number of sulfonamides is 1. The Labute approximate surface area is 171 Å². The monoisotopic (exact) mass is 408 g/mol. The number of aryl methyl sites for hydroxylation is 1. The van der Waals surface area contributed by atoms with Crippen molar-refractivity contribution in [3.8, 4) is 0 Å². The molecule has 0 aliphatic rings. The molecule has 1 amide bonds. The summed E-state index contributed by atoms with van der Waals surface area (Å²) in [5.41, 5.74) is 3.03. The minimum Gasteiger partial charge on any atom is -0.351 e. The molecular weight excluding hydrogens is 384 g/mol. The lowest BCUT2D eigenvalue weighted by Gasteiger charge is -2.13. The topological polar surface area (TPSA) is 75.3 Å². The minimum absolute atomic E-state index is 0.194. The highest BCUT2D eigenvalue weighted by Gasteiger charge is 2.14. The summed E-state index contributed by atoms with van der Waals surface area (Å²) in [5.74, 6) is 0.00136. The molecule has 0 unspecified atom stereocenters. The van der Waals surface area contributed by atoms with Crippen molar-refractivity contribution < 1.29 is 13.2 Å². The van der Waals surface area contributed by atoms with Crippen LogP contribution in [0.4, 0.5) is 5.69 Å². The number of anilines is 1. The predicted molar refractivity (Wildman–Crippen MR) is 116 cm³/mol. The van der Waals surface area contributed by atoms with E-state index < -0.39 is 10.0 Å². The average molecular weight is 409 g/mol. The van der Waals surface area contributed by atoms with Gasteiger partial charge in [0.15, 0.2) is 0 Å². The highest BCUT2D eigenvalue weighted by atomic mass is 32.2. The van der Waals surface area contributed by atoms with Crippen molar-refractivity contribution >= 4 is 21.6 Å². The maximum absolute atomic E-state index is 12.5. The van der Waals surface area contributed by atoms with Crippen molar-refractivity contribution in [2.45, 2.75) is 24.7 Å². The molecule has 0 saturated heterocycles. The normalized spacial score (nSPS) is 12.2. The molecule has 0 fully saturated rings. The third kappa shape index (κ3) is 5.45. The van der Waals surface area contributed by atoms with E-state index in [4.69, 9.17) is 0 Å². The fourth-order valence-corrected chi connectivity index (χ4v) is 3.93. The van der Waals surface area contributed by atoms with Crippen LogP contribution in [0.15, 0.2) is 83.8 Å². The molecule has 0 radical (unpaired) electrons. The predicted octanol–water partition coefficient (Wildman–Crippen LogP) is 4.33. The van der Waals surface area contributed by atoms with Gasteiger partial charge in [0.1, 0.15) is 0 Å². The molecule has 0 aromatic heterocycles. The minimum atomic E-state index is -3.67. The van der Waals surface area contributed by atoms with Crippen molar-refractivity contribution in [1.29, 1.82) is 0 Å². The van der Waals surface area contributed by atoms with Crippen molar-refractivity contribution in [2.75, 3.05) is 11.3 Å². The number of amides is 1. The molecule has 0 bridgehead atoms. The average Bonchev–Trinajstić information content (AvgIpc) is 2.73. The Hall–Kier alpha value is -3.12. The third-order valence-electron chi connectivity index (χ3n) is 4.67. The molecule has 2 N–H and O–H groups in total. The molecule has 3 rings (SSSR count). The van der Waals surface area contributed by atoms with Crippen LogP contribution in [0, 0.1) is 6.92 Å². The Kier molecular flexibility index (Phi) is 6.34. The van der Waals surface area contributed by atoms with Crippen LogP contribution in [-0.4, -0.2) is 20.9 Å². The van der Waals surface area contributed by atoms with Gasteiger partial charge in [0.05, 0.1) is 4.90 Å². The molecule has 150 valence electrons. The van der Waals surface area contributed by atoms with E-state index in [0.717, 1.165) is 11.1 Å². The van der Waals surface area contributed by atoms with Crippen molar-refractivity contribution in [2.24, 2.45) is 0 Å². The zero-order valence-electron chi connectivity index (χ0n) is 16.4. The lowest BCUT2D eigenvalue weighted by Crippen LogP contribution is -2.27. The van der Waals surface area contributed by atoms with Gasteiger partial charge in [-0.1, -0.05) is 55.0 Å². The van der Waals surface area contributed by atoms with Crippen LogP contribution in [0.5, 0.6) is 0 Å². The third-order valence-corrected chi connectivity index (χ3v) is 6.07. The van der Waals surface area contributed by atoms with E-state index in [9.17, 15) is 13.2 Å². The fourth-order valence-electron chi connectivity index (χ4n) is 2.87. The van der Waals surface area contributed by atoms with Crippen LogP contribution >= 0.6 is 0 Å². The maximum atomic E-state index is 12.5. The molecule has 5 nitrogen and oxygen atoms in total. The summed E-state index contributed by atoms with van der Waals surface area (Å²) >= 11 is 0. The first-order valence-electron chi connectivity index (χ1n) is 9.38. The molecule has 3 aromatic carbocycles. The lowest BCUT2D eigenvalue weighted by molar-refractivity contribution is 0.0951. The van der Waals surface area contributed by atoms with Crippen molar-refractivity contribution in [3.05, 3.63) is 95.6 Å². The van der Waals surface area contributed by atoms with Gasteiger partial charge >= 0.3 is 0 Å². The SMILES string of the molecule is Cc1ccc(S(=O)(=O)Nc2ccc(C(=O)NC[C@@H](C)c3ccccc3)cc2)cc1. The van der Waals surface area contributed by atoms with Crippen molar-refractivity contribution in [1.82, 2.24) is 5.32 Å². The Morgan fingerprint density at radius 3 is 2.14 bits per heavy atom. The molecular formula is C23H24N2O3S. The first kappa shape index (κ1) is 20.6. The number of benzene rings is 3. The van der Waals surface area contributed by atoms with Crippen LogP contribution in [-0.2, 0) is 10.0 Å². The Morgan fingerprint density at radius 2 is 1.52 bits per heavy atom.